The fourth-order valence-electron chi connectivity index (χ4n) is 5.18. The molecular weight excluding hydrogens is 700 g/mol. The van der Waals surface area contributed by atoms with Gasteiger partial charge in [0.05, 0.1) is 23.8 Å². The van der Waals surface area contributed by atoms with Crippen LogP contribution in [0.2, 0.25) is 0 Å². The Morgan fingerprint density at radius 2 is 1.69 bits per heavy atom. The number of nitrogens with zero attached hydrogens (tertiary/aromatic N) is 2. The van der Waals surface area contributed by atoms with Gasteiger partial charge in [0.1, 0.15) is 11.8 Å². The Morgan fingerprint density at radius 3 is 2.31 bits per heavy atom. The molecule has 266 valence electrons. The van der Waals surface area contributed by atoms with Crippen molar-refractivity contribution in [3.8, 4) is 5.75 Å². The highest BCUT2D eigenvalue weighted by Gasteiger charge is 2.40. The van der Waals surface area contributed by atoms with E-state index in [-0.39, 0.29) is 30.1 Å². The molecule has 1 saturated heterocycles. The highest BCUT2D eigenvalue weighted by molar-refractivity contribution is 9.09. The molecule has 6 amide bonds. The van der Waals surface area contributed by atoms with E-state index in [9.17, 15) is 33.9 Å². The minimum atomic E-state index is -1.72. The predicted octanol–water partition coefficient (Wildman–Crippen LogP) is 0.777. The van der Waals surface area contributed by atoms with Crippen LogP contribution in [0.4, 0.5) is 5.69 Å². The van der Waals surface area contributed by atoms with Crippen LogP contribution >= 0.6 is 15.9 Å². The van der Waals surface area contributed by atoms with Crippen LogP contribution in [-0.4, -0.2) is 101 Å². The number of benzene rings is 2. The smallest absolute Gasteiger partial charge is 0.264 e. The Labute approximate surface area is 294 Å². The molecule has 0 spiro atoms. The lowest BCUT2D eigenvalue weighted by atomic mass is 9.99. The summed E-state index contributed by atoms with van der Waals surface area (Å²) in [5.74, 6) is -3.28. The van der Waals surface area contributed by atoms with E-state index in [4.69, 9.17) is 10.5 Å². The van der Waals surface area contributed by atoms with Crippen molar-refractivity contribution in [3.05, 3.63) is 60.2 Å². The summed E-state index contributed by atoms with van der Waals surface area (Å²) in [4.78, 5) is 79.1. The fourth-order valence-corrected chi connectivity index (χ4v) is 5.56. The first-order chi connectivity index (χ1) is 23.1. The van der Waals surface area contributed by atoms with E-state index in [1.165, 1.54) is 9.80 Å². The molecule has 4 atom stereocenters. The van der Waals surface area contributed by atoms with Crippen molar-refractivity contribution in [2.75, 3.05) is 30.4 Å². The van der Waals surface area contributed by atoms with Crippen LogP contribution in [-0.2, 0) is 35.2 Å². The summed E-state index contributed by atoms with van der Waals surface area (Å²) in [6, 6.07) is 12.0. The highest BCUT2D eigenvalue weighted by Crippen LogP contribution is 2.22. The van der Waals surface area contributed by atoms with Crippen molar-refractivity contribution in [2.24, 2.45) is 5.73 Å². The maximum Gasteiger partial charge on any atom is 0.264 e. The fraction of sp³-hybridized carbons (Fsp3) is 0.471. The third-order valence-electron chi connectivity index (χ3n) is 7.70. The summed E-state index contributed by atoms with van der Waals surface area (Å²) in [6.45, 7) is 5.26. The molecule has 1 heterocycles. The third-order valence-corrected chi connectivity index (χ3v) is 8.18. The van der Waals surface area contributed by atoms with Crippen LogP contribution in [0, 0.1) is 0 Å². The number of hydrogen-bond donors (Lipinski definition) is 5. The number of aliphatic hydroxyl groups is 1. The van der Waals surface area contributed by atoms with E-state index in [1.807, 2.05) is 20.8 Å². The molecule has 14 nitrogen and oxygen atoms in total. The van der Waals surface area contributed by atoms with E-state index in [0.717, 1.165) is 0 Å². The molecule has 2 aromatic carbocycles. The number of carbonyl (C=O) groups is 6. The Morgan fingerprint density at radius 1 is 1.04 bits per heavy atom. The number of rotatable bonds is 14. The number of likely N-dealkylation sites (tertiary alicyclic amines) is 1. The largest absolute Gasteiger partial charge is 0.484 e. The molecule has 0 aliphatic carbocycles. The minimum absolute atomic E-state index is 0.0605. The van der Waals surface area contributed by atoms with Crippen molar-refractivity contribution < 1.29 is 38.6 Å². The van der Waals surface area contributed by atoms with Gasteiger partial charge in [-0.1, -0.05) is 46.3 Å². The molecule has 0 bridgehead atoms. The van der Waals surface area contributed by atoms with Gasteiger partial charge < -0.3 is 36.0 Å². The Hall–Kier alpha value is -4.34. The second-order valence-electron chi connectivity index (χ2n) is 12.8. The van der Waals surface area contributed by atoms with Crippen molar-refractivity contribution in [1.29, 1.82) is 0 Å². The predicted molar refractivity (Wildman–Crippen MR) is 186 cm³/mol. The van der Waals surface area contributed by atoms with Crippen LogP contribution in [0.25, 0.3) is 0 Å². The molecule has 1 aliphatic rings. The first kappa shape index (κ1) is 39.1. The number of alkyl halides is 1. The van der Waals surface area contributed by atoms with Gasteiger partial charge in [-0.3, -0.25) is 34.1 Å². The van der Waals surface area contributed by atoms with Crippen LogP contribution in [0.15, 0.2) is 54.6 Å². The number of nitrogens with one attached hydrogen (secondary N) is 3. The average Bonchev–Trinajstić information content (AvgIpc) is 3.56. The van der Waals surface area contributed by atoms with Crippen molar-refractivity contribution in [1.82, 2.24) is 20.9 Å². The summed E-state index contributed by atoms with van der Waals surface area (Å²) < 4.78 is 5.41. The zero-order valence-electron chi connectivity index (χ0n) is 28.1. The van der Waals surface area contributed by atoms with Gasteiger partial charge in [0.25, 0.3) is 11.8 Å². The average molecular weight is 746 g/mol. The molecular formula is C34H45BrN6O8. The maximum absolute atomic E-state index is 13.5. The number of ether oxygens (including phenoxy) is 1. The summed E-state index contributed by atoms with van der Waals surface area (Å²) in [6.07, 6.45) is -1.21. The van der Waals surface area contributed by atoms with Crippen molar-refractivity contribution >= 4 is 57.1 Å². The van der Waals surface area contributed by atoms with Crippen LogP contribution in [0.3, 0.4) is 0 Å². The summed E-state index contributed by atoms with van der Waals surface area (Å²) >= 11 is 3.11. The number of halogens is 1. The molecule has 15 heteroatoms. The van der Waals surface area contributed by atoms with Gasteiger partial charge in [-0.25, -0.2) is 0 Å². The van der Waals surface area contributed by atoms with E-state index < -0.39 is 66.4 Å². The first-order valence-electron chi connectivity index (χ1n) is 15.9. The Kier molecular flexibility index (Phi) is 14.3. The monoisotopic (exact) mass is 744 g/mol. The quantitative estimate of drug-likeness (QED) is 0.173. The maximum atomic E-state index is 13.5. The number of aliphatic hydroxyl groups excluding tert-OH is 1. The van der Waals surface area contributed by atoms with Gasteiger partial charge in [-0.05, 0) is 69.9 Å². The molecule has 1 fully saturated rings. The SMILES string of the molecule is CN(C(=O)CBr)c1ccc(OCC(=O)NC(=O)C[C@H](N)C(=O)N[C@@H](Cc2ccccc2)[C@H](O)C(=O)N2CCC[C@H]2C(=O)NC(C)(C)C)cc1. The number of imide groups is 1. The summed E-state index contributed by atoms with van der Waals surface area (Å²) in [5, 5.41) is 19.0. The normalized spacial score (nSPS) is 16.1. The molecule has 0 radical (unpaired) electrons. The highest BCUT2D eigenvalue weighted by atomic mass is 79.9. The van der Waals surface area contributed by atoms with Crippen molar-refractivity contribution in [3.63, 3.8) is 0 Å². The van der Waals surface area contributed by atoms with Gasteiger partial charge in [0, 0.05) is 24.8 Å². The standard InChI is InChI=1S/C34H45BrN6O8/c1-34(2,3)39-32(47)26-11-8-16-41(26)33(48)30(45)25(17-21-9-6-5-7-10-21)37-31(46)24(36)18-27(42)38-28(43)20-49-23-14-12-22(13-15-23)40(4)29(44)19-35/h5-7,9-10,12-15,24-26,30,45H,8,11,16-20,36H2,1-4H3,(H,37,46)(H,39,47)(H,38,42,43)/t24-,25-,26-,30-/m0/s1. The van der Waals surface area contributed by atoms with E-state index >= 15 is 0 Å². The molecule has 49 heavy (non-hydrogen) atoms. The first-order valence-corrected chi connectivity index (χ1v) is 17.0. The number of amides is 6. The van der Waals surface area contributed by atoms with Gasteiger partial charge in [0.2, 0.25) is 23.6 Å². The van der Waals surface area contributed by atoms with Crippen molar-refractivity contribution in [2.45, 2.75) is 76.2 Å². The third kappa shape index (κ3) is 11.9. The topological polar surface area (TPSA) is 200 Å². The van der Waals surface area contributed by atoms with Crippen LogP contribution < -0.4 is 31.3 Å². The van der Waals surface area contributed by atoms with Gasteiger partial charge in [0.15, 0.2) is 12.7 Å². The number of hydrogen-bond acceptors (Lipinski definition) is 9. The summed E-state index contributed by atoms with van der Waals surface area (Å²) in [7, 11) is 1.62. The molecule has 3 rings (SSSR count). The minimum Gasteiger partial charge on any atom is -0.484 e. The molecule has 0 unspecified atom stereocenters. The lowest BCUT2D eigenvalue weighted by Gasteiger charge is -2.32. The zero-order valence-corrected chi connectivity index (χ0v) is 29.7. The van der Waals surface area contributed by atoms with E-state index in [0.29, 0.717) is 29.8 Å². The number of carbonyl (C=O) groups excluding carboxylic acids is 6. The molecule has 2 aromatic rings. The molecule has 1 aliphatic heterocycles. The lowest BCUT2D eigenvalue weighted by molar-refractivity contribution is -0.147. The van der Waals surface area contributed by atoms with Gasteiger partial charge >= 0.3 is 0 Å². The second-order valence-corrected chi connectivity index (χ2v) is 13.4. The summed E-state index contributed by atoms with van der Waals surface area (Å²) in [5.41, 5.74) is 6.83. The van der Waals surface area contributed by atoms with Gasteiger partial charge in [-0.15, -0.1) is 0 Å². The lowest BCUT2D eigenvalue weighted by Crippen LogP contribution is -2.58. The van der Waals surface area contributed by atoms with E-state index in [1.54, 1.807) is 61.6 Å². The number of nitrogens with two attached hydrogens (primary N) is 1. The molecule has 6 N–H and O–H groups in total. The van der Waals surface area contributed by atoms with Crippen LogP contribution in [0.5, 0.6) is 5.75 Å². The second kappa shape index (κ2) is 17.9. The van der Waals surface area contributed by atoms with E-state index in [2.05, 4.69) is 31.9 Å². The van der Waals surface area contributed by atoms with Gasteiger partial charge in [-0.2, -0.15) is 0 Å². The number of anilines is 1. The molecule has 0 aromatic heterocycles. The Bertz CT molecular complexity index is 1480. The zero-order chi connectivity index (χ0) is 36.3. The van der Waals surface area contributed by atoms with Crippen LogP contribution in [0.1, 0.15) is 45.6 Å². The molecule has 0 saturated carbocycles. The Balaban J connectivity index is 1.58.